The van der Waals surface area contributed by atoms with Gasteiger partial charge in [-0.05, 0) is 61.6 Å². The number of carbonyl (C=O) groups is 5. The van der Waals surface area contributed by atoms with Crippen LogP contribution in [-0.2, 0) is 47.3 Å². The number of ether oxygens (including phenoxy) is 2. The van der Waals surface area contributed by atoms with E-state index in [1.54, 1.807) is 17.7 Å². The van der Waals surface area contributed by atoms with E-state index in [1.165, 1.54) is 11.0 Å². The fourth-order valence-electron chi connectivity index (χ4n) is 7.03. The summed E-state index contributed by atoms with van der Waals surface area (Å²) >= 11 is 0. The van der Waals surface area contributed by atoms with Gasteiger partial charge in [-0.3, -0.25) is 19.1 Å². The molecule has 4 aliphatic rings. The first-order valence-corrected chi connectivity index (χ1v) is 18.7. The number of benzene rings is 1. The third-order valence-electron chi connectivity index (χ3n) is 10.3. The highest BCUT2D eigenvalue weighted by Crippen LogP contribution is 2.45. The van der Waals surface area contributed by atoms with Crippen molar-refractivity contribution in [1.82, 2.24) is 24.8 Å². The van der Waals surface area contributed by atoms with Crippen LogP contribution in [0.5, 0.6) is 0 Å². The molecule has 4 bridgehead atoms. The summed E-state index contributed by atoms with van der Waals surface area (Å²) in [4.78, 5) is 68.2. The molecule has 2 aliphatic carbocycles. The quantitative estimate of drug-likeness (QED) is 0.300. The zero-order chi connectivity index (χ0) is 36.0. The molecule has 1 aromatic heterocycles. The van der Waals surface area contributed by atoms with Crippen LogP contribution >= 0.6 is 0 Å². The first-order valence-electron chi connectivity index (χ1n) is 17.1. The fourth-order valence-corrected chi connectivity index (χ4v) is 8.39. The molecule has 4 amide bonds. The molecule has 0 unspecified atom stereocenters. The van der Waals surface area contributed by atoms with Gasteiger partial charge in [0.1, 0.15) is 29.9 Å². The lowest BCUT2D eigenvalue weighted by Crippen LogP contribution is -2.57. The van der Waals surface area contributed by atoms with E-state index in [0.29, 0.717) is 18.5 Å². The molecule has 1 saturated heterocycles. The van der Waals surface area contributed by atoms with Crippen molar-refractivity contribution in [2.45, 2.75) is 88.1 Å². The van der Waals surface area contributed by atoms with Gasteiger partial charge in [0.2, 0.25) is 21.8 Å². The van der Waals surface area contributed by atoms with E-state index >= 15 is 0 Å². The number of rotatable bonds is 6. The van der Waals surface area contributed by atoms with Crippen LogP contribution in [0.4, 0.5) is 4.79 Å². The van der Waals surface area contributed by atoms with Crippen molar-refractivity contribution in [2.24, 2.45) is 18.4 Å². The van der Waals surface area contributed by atoms with Crippen molar-refractivity contribution in [1.29, 1.82) is 0 Å². The normalized spacial score (nSPS) is 27.5. The lowest BCUT2D eigenvalue weighted by atomic mass is 9.87. The summed E-state index contributed by atoms with van der Waals surface area (Å²) in [5.41, 5.74) is 0.402. The number of alkyl carbamates (subject to hydrolysis) is 1. The lowest BCUT2D eigenvalue weighted by molar-refractivity contribution is -0.139. The van der Waals surface area contributed by atoms with E-state index < -0.39 is 75.2 Å². The number of esters is 1. The summed E-state index contributed by atoms with van der Waals surface area (Å²) in [5.74, 6) is -3.38. The molecule has 2 aliphatic heterocycles. The summed E-state index contributed by atoms with van der Waals surface area (Å²) in [6.45, 7) is 7.23. The molecule has 50 heavy (non-hydrogen) atoms. The number of hydrogen-bond donors (Lipinski definition) is 3. The average molecular weight is 712 g/mol. The maximum absolute atomic E-state index is 13.9. The van der Waals surface area contributed by atoms with E-state index in [9.17, 15) is 32.4 Å². The first-order chi connectivity index (χ1) is 23.6. The van der Waals surface area contributed by atoms with Gasteiger partial charge in [-0.15, -0.1) is 6.58 Å². The SMILES string of the molecule is C=C[C@@H]1C[C@]1(NC(=O)[C@@H]1C[C@@H]2CN1C(=O)CNC(=O)OCC(C)(C)CCCCc1cccc3c1cc(n3C)C(=O)O2)C(=O)NS(=O)(=O)C1CC1. The van der Waals surface area contributed by atoms with Gasteiger partial charge in [0.15, 0.2) is 0 Å². The van der Waals surface area contributed by atoms with Crippen LogP contribution in [0.25, 0.3) is 10.9 Å². The van der Waals surface area contributed by atoms with Gasteiger partial charge >= 0.3 is 12.1 Å². The van der Waals surface area contributed by atoms with Crippen LogP contribution < -0.4 is 15.4 Å². The van der Waals surface area contributed by atoms with Crippen LogP contribution in [0.2, 0.25) is 0 Å². The Morgan fingerprint density at radius 1 is 1.14 bits per heavy atom. The molecule has 15 heteroatoms. The van der Waals surface area contributed by atoms with Crippen LogP contribution in [-0.4, -0.2) is 90.3 Å². The minimum Gasteiger partial charge on any atom is -0.456 e. The van der Waals surface area contributed by atoms with Crippen molar-refractivity contribution in [3.8, 4) is 0 Å². The van der Waals surface area contributed by atoms with Gasteiger partial charge < -0.3 is 29.6 Å². The summed E-state index contributed by atoms with van der Waals surface area (Å²) in [6.07, 6.45) is 4.10. The molecule has 2 aromatic rings. The Balaban J connectivity index is 1.26. The van der Waals surface area contributed by atoms with Gasteiger partial charge in [-0.25, -0.2) is 18.0 Å². The number of carbonyl (C=O) groups excluding carboxylic acids is 5. The second-order valence-electron chi connectivity index (χ2n) is 14.7. The number of aromatic nitrogens is 1. The molecule has 0 radical (unpaired) electrons. The molecular formula is C35H45N5O9S. The lowest BCUT2D eigenvalue weighted by Gasteiger charge is -2.27. The molecule has 14 nitrogen and oxygen atoms in total. The summed E-state index contributed by atoms with van der Waals surface area (Å²) in [6, 6.07) is 6.54. The molecule has 0 spiro atoms. The number of cyclic esters (lactones) is 1. The van der Waals surface area contributed by atoms with Gasteiger partial charge in [-0.2, -0.15) is 0 Å². The van der Waals surface area contributed by atoms with Gasteiger partial charge in [0, 0.05) is 30.3 Å². The predicted octanol–water partition coefficient (Wildman–Crippen LogP) is 2.45. The Morgan fingerprint density at radius 3 is 2.60 bits per heavy atom. The third kappa shape index (κ3) is 7.23. The highest BCUT2D eigenvalue weighted by molar-refractivity contribution is 7.91. The van der Waals surface area contributed by atoms with E-state index in [1.807, 2.05) is 32.0 Å². The number of aryl methyl sites for hydroxylation is 2. The Labute approximate surface area is 291 Å². The van der Waals surface area contributed by atoms with Crippen molar-refractivity contribution < 1.29 is 41.9 Å². The maximum Gasteiger partial charge on any atom is 0.407 e. The third-order valence-corrected chi connectivity index (χ3v) is 12.1. The minimum atomic E-state index is -3.90. The zero-order valence-electron chi connectivity index (χ0n) is 28.7. The molecule has 1 aromatic carbocycles. The zero-order valence-corrected chi connectivity index (χ0v) is 29.5. The van der Waals surface area contributed by atoms with Crippen LogP contribution in [0, 0.1) is 11.3 Å². The van der Waals surface area contributed by atoms with E-state index in [0.717, 1.165) is 42.1 Å². The molecule has 3 fully saturated rings. The Morgan fingerprint density at radius 2 is 1.90 bits per heavy atom. The number of nitrogens with zero attached hydrogens (tertiary/aromatic N) is 2. The summed E-state index contributed by atoms with van der Waals surface area (Å²) in [7, 11) is -2.11. The van der Waals surface area contributed by atoms with E-state index in [4.69, 9.17) is 9.47 Å². The molecular weight excluding hydrogens is 666 g/mol. The topological polar surface area (TPSA) is 182 Å². The Bertz CT molecular complexity index is 1850. The largest absolute Gasteiger partial charge is 0.456 e. The second-order valence-corrected chi connectivity index (χ2v) is 16.7. The van der Waals surface area contributed by atoms with Crippen LogP contribution in [0.3, 0.4) is 0 Å². The smallest absolute Gasteiger partial charge is 0.407 e. The van der Waals surface area contributed by atoms with Crippen molar-refractivity contribution >= 4 is 50.7 Å². The predicted molar refractivity (Wildman–Crippen MR) is 182 cm³/mol. The molecule has 3 N–H and O–H groups in total. The summed E-state index contributed by atoms with van der Waals surface area (Å²) in [5, 5.41) is 5.45. The molecule has 4 atom stereocenters. The minimum absolute atomic E-state index is 0.0893. The van der Waals surface area contributed by atoms with Crippen molar-refractivity contribution in [2.75, 3.05) is 19.7 Å². The highest BCUT2D eigenvalue weighted by Gasteiger charge is 2.62. The summed E-state index contributed by atoms with van der Waals surface area (Å²) < 4.78 is 40.4. The monoisotopic (exact) mass is 711 g/mol. The standard InChI is InChI=1S/C35H45N5O9S/c1-5-22-17-35(22,32(44)38-50(46,47)24-12-13-24)37-30(42)27-15-23-19-40(27)29(41)18-36-33(45)48-20-34(2,3)14-7-6-9-21-10-8-11-26-25(21)16-28(39(26)4)31(43)49-23/h5,8,10-11,16,22-24,27H,1,6-7,9,12-15,17-20H2,2-4H3,(H,36,45)(H,37,42)(H,38,44)/t22-,23-,27+,35-/m1/s1. The number of sulfonamides is 1. The Kier molecular flexibility index (Phi) is 9.48. The van der Waals surface area contributed by atoms with E-state index in [-0.39, 0.29) is 31.4 Å². The number of nitrogens with one attached hydrogen (secondary N) is 3. The molecule has 6 rings (SSSR count). The number of fused-ring (bicyclic) bond motifs is 3. The highest BCUT2D eigenvalue weighted by atomic mass is 32.2. The first kappa shape index (κ1) is 35.4. The average Bonchev–Trinajstić information content (AvgIpc) is 3.97. The number of amides is 4. The number of hydrogen-bond acceptors (Lipinski definition) is 9. The van der Waals surface area contributed by atoms with Crippen LogP contribution in [0.1, 0.15) is 74.8 Å². The van der Waals surface area contributed by atoms with E-state index in [2.05, 4.69) is 21.9 Å². The van der Waals surface area contributed by atoms with Gasteiger partial charge in [0.25, 0.3) is 5.91 Å². The van der Waals surface area contributed by atoms with Crippen LogP contribution in [0.15, 0.2) is 36.9 Å². The molecule has 270 valence electrons. The van der Waals surface area contributed by atoms with Gasteiger partial charge in [0.05, 0.1) is 18.4 Å². The molecule has 2 saturated carbocycles. The second kappa shape index (κ2) is 13.4. The Hall–Kier alpha value is -4.40. The fraction of sp³-hybridized carbons (Fsp3) is 0.571. The molecule has 3 heterocycles. The van der Waals surface area contributed by atoms with Crippen molar-refractivity contribution in [3.63, 3.8) is 0 Å². The van der Waals surface area contributed by atoms with Gasteiger partial charge in [-0.1, -0.05) is 38.5 Å². The maximum atomic E-state index is 13.9. The van der Waals surface area contributed by atoms with Crippen molar-refractivity contribution in [3.05, 3.63) is 48.2 Å².